The second-order valence-corrected chi connectivity index (χ2v) is 3.89. The fourth-order valence-corrected chi connectivity index (χ4v) is 1.84. The molecule has 14 heavy (non-hydrogen) atoms. The smallest absolute Gasteiger partial charge is 0.313 e. The molecule has 72 valence electrons. The van der Waals surface area contributed by atoms with Crippen molar-refractivity contribution in [2.75, 3.05) is 5.75 Å². The van der Waals surface area contributed by atoms with Crippen molar-refractivity contribution in [3.63, 3.8) is 0 Å². The summed E-state index contributed by atoms with van der Waals surface area (Å²) in [5.41, 5.74) is 0.445. The summed E-state index contributed by atoms with van der Waals surface area (Å²) in [6.07, 6.45) is 0. The van der Waals surface area contributed by atoms with E-state index in [0.717, 1.165) is 11.8 Å². The molecule has 0 aromatic heterocycles. The Morgan fingerprint density at radius 1 is 1.64 bits per heavy atom. The Morgan fingerprint density at radius 2 is 2.36 bits per heavy atom. The SMILES string of the molecule is N#Cc1ccc(Cl)cc1SCC(=O)O. The van der Waals surface area contributed by atoms with Gasteiger partial charge in [-0.25, -0.2) is 0 Å². The van der Waals surface area contributed by atoms with Crippen molar-refractivity contribution in [1.82, 2.24) is 0 Å². The van der Waals surface area contributed by atoms with Gasteiger partial charge in [0, 0.05) is 9.92 Å². The largest absolute Gasteiger partial charge is 0.481 e. The Hall–Kier alpha value is -1.18. The van der Waals surface area contributed by atoms with E-state index in [1.54, 1.807) is 18.2 Å². The summed E-state index contributed by atoms with van der Waals surface area (Å²) in [4.78, 5) is 10.9. The predicted octanol–water partition coefficient (Wildman–Crippen LogP) is 2.39. The Morgan fingerprint density at radius 3 is 2.93 bits per heavy atom. The molecule has 0 saturated carbocycles. The molecule has 0 aliphatic carbocycles. The maximum absolute atomic E-state index is 10.3. The first kappa shape index (κ1) is 10.9. The number of thioether (sulfide) groups is 1. The van der Waals surface area contributed by atoms with E-state index in [4.69, 9.17) is 22.0 Å². The van der Waals surface area contributed by atoms with Crippen molar-refractivity contribution >= 4 is 29.3 Å². The minimum atomic E-state index is -0.918. The van der Waals surface area contributed by atoms with Gasteiger partial charge < -0.3 is 5.11 Å². The highest BCUT2D eigenvalue weighted by Crippen LogP contribution is 2.25. The minimum Gasteiger partial charge on any atom is -0.481 e. The number of carboxylic acid groups (broad SMARTS) is 1. The van der Waals surface area contributed by atoms with E-state index in [1.165, 1.54) is 0 Å². The zero-order chi connectivity index (χ0) is 10.6. The fraction of sp³-hybridized carbons (Fsp3) is 0.111. The van der Waals surface area contributed by atoms with Crippen molar-refractivity contribution < 1.29 is 9.90 Å². The molecule has 0 bridgehead atoms. The van der Waals surface area contributed by atoms with Crippen molar-refractivity contribution in [2.24, 2.45) is 0 Å². The molecule has 0 radical (unpaired) electrons. The van der Waals surface area contributed by atoms with Crippen molar-refractivity contribution in [1.29, 1.82) is 5.26 Å². The first-order valence-corrected chi connectivity index (χ1v) is 5.04. The van der Waals surface area contributed by atoms with Gasteiger partial charge in [0.2, 0.25) is 0 Å². The molecule has 1 aromatic carbocycles. The van der Waals surface area contributed by atoms with Gasteiger partial charge in [0.25, 0.3) is 0 Å². The number of benzene rings is 1. The molecule has 1 N–H and O–H groups in total. The molecule has 0 atom stereocenters. The van der Waals surface area contributed by atoms with Crippen LogP contribution in [0.4, 0.5) is 0 Å². The van der Waals surface area contributed by atoms with Crippen LogP contribution in [0.25, 0.3) is 0 Å². The van der Waals surface area contributed by atoms with Crippen molar-refractivity contribution in [3.8, 4) is 6.07 Å². The molecule has 0 unspecified atom stereocenters. The zero-order valence-corrected chi connectivity index (χ0v) is 8.60. The number of hydrogen-bond acceptors (Lipinski definition) is 3. The molecule has 0 aliphatic rings. The van der Waals surface area contributed by atoms with Crippen LogP contribution in [0.1, 0.15) is 5.56 Å². The highest BCUT2D eigenvalue weighted by atomic mass is 35.5. The maximum Gasteiger partial charge on any atom is 0.313 e. The highest BCUT2D eigenvalue weighted by molar-refractivity contribution is 8.00. The Kier molecular flexibility index (Phi) is 3.81. The Bertz CT molecular complexity index is 400. The first-order chi connectivity index (χ1) is 6.63. The zero-order valence-electron chi connectivity index (χ0n) is 7.03. The van der Waals surface area contributed by atoms with Gasteiger partial charge in [-0.3, -0.25) is 4.79 Å². The number of aliphatic carboxylic acids is 1. The minimum absolute atomic E-state index is 0.0744. The third-order valence-corrected chi connectivity index (χ3v) is 2.69. The van der Waals surface area contributed by atoms with E-state index in [0.29, 0.717) is 15.5 Å². The van der Waals surface area contributed by atoms with Crippen LogP contribution in [0.15, 0.2) is 23.1 Å². The predicted molar refractivity (Wildman–Crippen MR) is 54.5 cm³/mol. The van der Waals surface area contributed by atoms with E-state index < -0.39 is 5.97 Å². The van der Waals surface area contributed by atoms with Crippen molar-refractivity contribution in [2.45, 2.75) is 4.90 Å². The number of halogens is 1. The molecular formula is C9H6ClNO2S. The number of rotatable bonds is 3. The molecule has 0 heterocycles. The number of nitriles is 1. The van der Waals surface area contributed by atoms with Crippen LogP contribution >= 0.6 is 23.4 Å². The lowest BCUT2D eigenvalue weighted by molar-refractivity contribution is -0.133. The lowest BCUT2D eigenvalue weighted by Gasteiger charge is -2.01. The summed E-state index contributed by atoms with van der Waals surface area (Å²) in [7, 11) is 0. The van der Waals surface area contributed by atoms with E-state index in [2.05, 4.69) is 0 Å². The molecule has 1 aromatic rings. The van der Waals surface area contributed by atoms with Gasteiger partial charge in [-0.15, -0.1) is 11.8 Å². The average molecular weight is 228 g/mol. The molecule has 0 fully saturated rings. The molecule has 3 nitrogen and oxygen atoms in total. The second kappa shape index (κ2) is 4.89. The Balaban J connectivity index is 2.89. The Labute approximate surface area is 90.3 Å². The normalized spacial score (nSPS) is 9.43. The molecule has 0 amide bonds. The van der Waals surface area contributed by atoms with E-state index in [1.807, 2.05) is 6.07 Å². The molecule has 0 aliphatic heterocycles. The number of nitrogens with zero attached hydrogens (tertiary/aromatic N) is 1. The summed E-state index contributed by atoms with van der Waals surface area (Å²) in [5, 5.41) is 17.7. The van der Waals surface area contributed by atoms with Crippen LogP contribution in [0, 0.1) is 11.3 Å². The monoisotopic (exact) mass is 227 g/mol. The molecule has 0 saturated heterocycles. The second-order valence-electron chi connectivity index (χ2n) is 2.43. The summed E-state index contributed by atoms with van der Waals surface area (Å²) in [6, 6.07) is 6.74. The van der Waals surface area contributed by atoms with Crippen LogP contribution in [0.5, 0.6) is 0 Å². The van der Waals surface area contributed by atoms with Crippen LogP contribution in [-0.2, 0) is 4.79 Å². The average Bonchev–Trinajstić information content (AvgIpc) is 2.15. The number of carbonyl (C=O) groups is 1. The van der Waals surface area contributed by atoms with E-state index >= 15 is 0 Å². The third-order valence-electron chi connectivity index (χ3n) is 1.42. The molecule has 0 spiro atoms. The van der Waals surface area contributed by atoms with Crippen LogP contribution in [-0.4, -0.2) is 16.8 Å². The van der Waals surface area contributed by atoms with E-state index in [9.17, 15) is 4.79 Å². The lowest BCUT2D eigenvalue weighted by Crippen LogP contribution is -1.98. The lowest BCUT2D eigenvalue weighted by atomic mass is 10.2. The topological polar surface area (TPSA) is 61.1 Å². The summed E-state index contributed by atoms with van der Waals surface area (Å²) in [6.45, 7) is 0. The summed E-state index contributed by atoms with van der Waals surface area (Å²) >= 11 is 6.81. The van der Waals surface area contributed by atoms with Gasteiger partial charge in [-0.05, 0) is 18.2 Å². The highest BCUT2D eigenvalue weighted by Gasteiger charge is 2.05. The van der Waals surface area contributed by atoms with Crippen molar-refractivity contribution in [3.05, 3.63) is 28.8 Å². The number of carboxylic acids is 1. The van der Waals surface area contributed by atoms with Gasteiger partial charge in [0.1, 0.15) is 6.07 Å². The van der Waals surface area contributed by atoms with Crippen LogP contribution in [0.3, 0.4) is 0 Å². The molecule has 5 heteroatoms. The van der Waals surface area contributed by atoms with Gasteiger partial charge in [0.05, 0.1) is 11.3 Å². The van der Waals surface area contributed by atoms with Gasteiger partial charge in [0.15, 0.2) is 0 Å². The third kappa shape index (κ3) is 2.95. The van der Waals surface area contributed by atoms with Gasteiger partial charge in [-0.2, -0.15) is 5.26 Å². The molecular weight excluding hydrogens is 222 g/mol. The number of hydrogen-bond donors (Lipinski definition) is 1. The van der Waals surface area contributed by atoms with E-state index in [-0.39, 0.29) is 5.75 Å². The standard InChI is InChI=1S/C9H6ClNO2S/c10-7-2-1-6(4-11)8(3-7)14-5-9(12)13/h1-3H,5H2,(H,12,13). The molecule has 1 rings (SSSR count). The van der Waals surface area contributed by atoms with Gasteiger partial charge in [-0.1, -0.05) is 11.6 Å². The maximum atomic E-state index is 10.3. The fourth-order valence-electron chi connectivity index (χ4n) is 0.847. The quantitative estimate of drug-likeness (QED) is 0.806. The van der Waals surface area contributed by atoms with Crippen LogP contribution in [0.2, 0.25) is 5.02 Å². The van der Waals surface area contributed by atoms with Crippen LogP contribution < -0.4 is 0 Å². The first-order valence-electron chi connectivity index (χ1n) is 3.67. The van der Waals surface area contributed by atoms with Gasteiger partial charge >= 0.3 is 5.97 Å². The summed E-state index contributed by atoms with van der Waals surface area (Å²) < 4.78 is 0. The summed E-state index contributed by atoms with van der Waals surface area (Å²) in [5.74, 6) is -0.992.